The molecule has 3 heterocycles. The molecule has 12 heteroatoms. The van der Waals surface area contributed by atoms with Crippen LogP contribution in [0, 0.1) is 13.1 Å². The van der Waals surface area contributed by atoms with E-state index in [9.17, 15) is 9.90 Å². The van der Waals surface area contributed by atoms with Crippen LogP contribution in [0.2, 0.25) is 0 Å². The van der Waals surface area contributed by atoms with Crippen LogP contribution < -0.4 is 5.32 Å². The van der Waals surface area contributed by atoms with Gasteiger partial charge < -0.3 is 10.4 Å². The second-order valence-electron chi connectivity index (χ2n) is 7.44. The third kappa shape index (κ3) is 4.41. The summed E-state index contributed by atoms with van der Waals surface area (Å²) in [6, 6.07) is 13.2. The van der Waals surface area contributed by atoms with Gasteiger partial charge in [0.15, 0.2) is 11.6 Å². The minimum Gasteiger partial charge on any atom is -0.505 e. The van der Waals surface area contributed by atoms with Crippen LogP contribution in [0.15, 0.2) is 83.5 Å². The molecular formula is C25H14N10O2. The number of pyridine rings is 1. The van der Waals surface area contributed by atoms with Crippen molar-refractivity contribution in [2.75, 3.05) is 5.32 Å². The lowest BCUT2D eigenvalue weighted by molar-refractivity contribution is 0.102. The number of fused-ring (bicyclic) bond motifs is 1. The maximum absolute atomic E-state index is 13.0. The van der Waals surface area contributed by atoms with Crippen LogP contribution in [0.1, 0.15) is 10.4 Å². The molecule has 37 heavy (non-hydrogen) atoms. The second kappa shape index (κ2) is 9.69. The van der Waals surface area contributed by atoms with Gasteiger partial charge in [-0.15, -0.1) is 10.2 Å². The SMILES string of the molecule is [C-]#[N+]c1ccc(NC(=O)c2cc3ccccc3c(N=Nc3c([N+]#[C-])cnn3-c3ncccn3)c2O)nc1. The minimum absolute atomic E-state index is 0.0252. The number of amides is 1. The van der Waals surface area contributed by atoms with Gasteiger partial charge in [-0.1, -0.05) is 30.3 Å². The maximum atomic E-state index is 13.0. The maximum Gasteiger partial charge on any atom is 0.260 e. The van der Waals surface area contributed by atoms with E-state index in [2.05, 4.69) is 45.3 Å². The molecular weight excluding hydrogens is 472 g/mol. The lowest BCUT2D eigenvalue weighted by atomic mass is 10.0. The number of phenols is 1. The van der Waals surface area contributed by atoms with Gasteiger partial charge in [-0.3, -0.25) is 9.78 Å². The minimum atomic E-state index is -0.632. The van der Waals surface area contributed by atoms with Gasteiger partial charge in [0.05, 0.1) is 24.9 Å². The molecule has 0 spiro atoms. The standard InChI is InChI=1S/C25H14N10O2/c1-26-16-8-9-20(30-13-16)32-24(37)18-12-15-6-3-4-7-17(15)21(22(18)36)33-34-23-19(27-2)14-31-35(23)25-28-10-5-11-29-25/h3-14,36H,(H,30,32,37). The van der Waals surface area contributed by atoms with Gasteiger partial charge in [-0.25, -0.2) is 19.7 Å². The van der Waals surface area contributed by atoms with E-state index >= 15 is 0 Å². The molecule has 1 amide bonds. The number of carbonyl (C=O) groups excluding carboxylic acids is 1. The Morgan fingerprint density at radius 1 is 0.973 bits per heavy atom. The number of benzene rings is 2. The quantitative estimate of drug-likeness (QED) is 0.242. The zero-order valence-corrected chi connectivity index (χ0v) is 18.8. The Balaban J connectivity index is 1.58. The van der Waals surface area contributed by atoms with E-state index in [-0.39, 0.29) is 34.5 Å². The molecule has 2 aromatic carbocycles. The number of nitrogens with one attached hydrogen (secondary N) is 1. The van der Waals surface area contributed by atoms with Crippen LogP contribution in [-0.4, -0.2) is 35.7 Å². The Bertz CT molecular complexity index is 1750. The number of rotatable bonds is 5. The molecule has 0 aliphatic heterocycles. The smallest absolute Gasteiger partial charge is 0.260 e. The zero-order valence-electron chi connectivity index (χ0n) is 18.8. The molecule has 0 bridgehead atoms. The zero-order chi connectivity index (χ0) is 25.8. The average molecular weight is 486 g/mol. The van der Waals surface area contributed by atoms with Crippen LogP contribution >= 0.6 is 0 Å². The molecule has 0 fully saturated rings. The number of hydrogen-bond acceptors (Lipinski definition) is 8. The summed E-state index contributed by atoms with van der Waals surface area (Å²) in [6.45, 7) is 14.5. The highest BCUT2D eigenvalue weighted by molar-refractivity contribution is 6.11. The van der Waals surface area contributed by atoms with E-state index in [1.807, 2.05) is 0 Å². The molecule has 0 aliphatic carbocycles. The van der Waals surface area contributed by atoms with Gasteiger partial charge in [0.25, 0.3) is 17.5 Å². The highest BCUT2D eigenvalue weighted by Crippen LogP contribution is 2.40. The first-order valence-electron chi connectivity index (χ1n) is 10.6. The van der Waals surface area contributed by atoms with E-state index in [1.54, 1.807) is 30.3 Å². The fraction of sp³-hybridized carbons (Fsp3) is 0. The Kier molecular flexibility index (Phi) is 5.96. The van der Waals surface area contributed by atoms with Crippen LogP contribution in [0.5, 0.6) is 5.75 Å². The van der Waals surface area contributed by atoms with E-state index in [0.29, 0.717) is 16.5 Å². The molecule has 176 valence electrons. The molecule has 5 rings (SSSR count). The van der Waals surface area contributed by atoms with Crippen molar-refractivity contribution in [3.8, 4) is 11.7 Å². The van der Waals surface area contributed by atoms with Gasteiger partial charge in [-0.2, -0.15) is 9.78 Å². The van der Waals surface area contributed by atoms with Crippen molar-refractivity contribution in [3.05, 3.63) is 102 Å². The highest BCUT2D eigenvalue weighted by Gasteiger charge is 2.20. The summed E-state index contributed by atoms with van der Waals surface area (Å²) in [5.74, 6) is -0.591. The van der Waals surface area contributed by atoms with E-state index < -0.39 is 11.7 Å². The van der Waals surface area contributed by atoms with Crippen LogP contribution in [0.4, 0.5) is 28.7 Å². The Labute approximate surface area is 209 Å². The molecule has 0 saturated heterocycles. The molecule has 0 saturated carbocycles. The number of azo groups is 1. The molecule has 0 radical (unpaired) electrons. The number of anilines is 1. The van der Waals surface area contributed by atoms with Gasteiger partial charge >= 0.3 is 0 Å². The second-order valence-corrected chi connectivity index (χ2v) is 7.44. The number of aromatic hydroxyl groups is 1. The number of aromatic nitrogens is 5. The average Bonchev–Trinajstić information content (AvgIpc) is 3.36. The molecule has 3 aromatic heterocycles. The van der Waals surface area contributed by atoms with Gasteiger partial charge in [0, 0.05) is 24.0 Å². The van der Waals surface area contributed by atoms with Crippen molar-refractivity contribution in [2.45, 2.75) is 0 Å². The molecule has 0 atom stereocenters. The number of phenolic OH excluding ortho intramolecular Hbond substituents is 1. The topological polar surface area (TPSA) is 139 Å². The first-order valence-corrected chi connectivity index (χ1v) is 10.6. The third-order valence-electron chi connectivity index (χ3n) is 5.19. The summed E-state index contributed by atoms with van der Waals surface area (Å²) in [6.07, 6.45) is 5.69. The fourth-order valence-electron chi connectivity index (χ4n) is 3.45. The van der Waals surface area contributed by atoms with E-state index in [4.69, 9.17) is 13.1 Å². The van der Waals surface area contributed by atoms with Crippen molar-refractivity contribution >= 4 is 45.4 Å². The molecule has 12 nitrogen and oxygen atoms in total. The van der Waals surface area contributed by atoms with Crippen molar-refractivity contribution < 1.29 is 9.90 Å². The Hall–Kier alpha value is -6.01. The first kappa shape index (κ1) is 22.8. The van der Waals surface area contributed by atoms with Gasteiger partial charge in [-0.05, 0) is 23.6 Å². The van der Waals surface area contributed by atoms with Crippen molar-refractivity contribution in [1.29, 1.82) is 0 Å². The lowest BCUT2D eigenvalue weighted by Crippen LogP contribution is -2.13. The molecule has 5 aromatic rings. The largest absolute Gasteiger partial charge is 0.505 e. The molecule has 2 N–H and O–H groups in total. The summed E-state index contributed by atoms with van der Waals surface area (Å²) in [5.41, 5.74) is 0.391. The van der Waals surface area contributed by atoms with Crippen molar-refractivity contribution in [3.63, 3.8) is 0 Å². The normalized spacial score (nSPS) is 10.8. The predicted molar refractivity (Wildman–Crippen MR) is 134 cm³/mol. The molecule has 0 unspecified atom stereocenters. The number of nitrogens with zero attached hydrogens (tertiary/aromatic N) is 9. The number of carbonyl (C=O) groups is 1. The van der Waals surface area contributed by atoms with E-state index in [1.165, 1.54) is 47.7 Å². The van der Waals surface area contributed by atoms with E-state index in [0.717, 1.165) is 0 Å². The van der Waals surface area contributed by atoms with Crippen molar-refractivity contribution in [2.24, 2.45) is 10.2 Å². The summed E-state index contributed by atoms with van der Waals surface area (Å²) in [4.78, 5) is 32.0. The van der Waals surface area contributed by atoms with Crippen LogP contribution in [-0.2, 0) is 0 Å². The fourth-order valence-corrected chi connectivity index (χ4v) is 3.45. The third-order valence-corrected chi connectivity index (χ3v) is 5.19. The van der Waals surface area contributed by atoms with Gasteiger partial charge in [0.1, 0.15) is 11.5 Å². The van der Waals surface area contributed by atoms with Crippen LogP contribution in [0.3, 0.4) is 0 Å². The van der Waals surface area contributed by atoms with Crippen LogP contribution in [0.25, 0.3) is 26.4 Å². The predicted octanol–water partition coefficient (Wildman–Crippen LogP) is 5.69. The summed E-state index contributed by atoms with van der Waals surface area (Å²) in [7, 11) is 0. The molecule has 0 aliphatic rings. The number of hydrogen-bond donors (Lipinski definition) is 2. The highest BCUT2D eigenvalue weighted by atomic mass is 16.3. The summed E-state index contributed by atoms with van der Waals surface area (Å²) in [5, 5.41) is 27.4. The van der Waals surface area contributed by atoms with Crippen molar-refractivity contribution in [1.82, 2.24) is 24.7 Å². The summed E-state index contributed by atoms with van der Waals surface area (Å²) < 4.78 is 1.26. The monoisotopic (exact) mass is 486 g/mol. The Morgan fingerprint density at radius 2 is 1.78 bits per heavy atom. The first-order chi connectivity index (χ1) is 18.1. The lowest BCUT2D eigenvalue weighted by Gasteiger charge is -2.11. The summed E-state index contributed by atoms with van der Waals surface area (Å²) >= 11 is 0. The van der Waals surface area contributed by atoms with Gasteiger partial charge in [0.2, 0.25) is 5.69 Å². The Morgan fingerprint density at radius 3 is 2.51 bits per heavy atom.